The Morgan fingerprint density at radius 2 is 1.89 bits per heavy atom. The maximum atomic E-state index is 12.7. The van der Waals surface area contributed by atoms with Gasteiger partial charge in [0.05, 0.1) is 0 Å². The molecule has 0 fully saturated rings. The van der Waals surface area contributed by atoms with Gasteiger partial charge in [0.25, 0.3) is 0 Å². The van der Waals surface area contributed by atoms with E-state index in [1.54, 1.807) is 0 Å². The van der Waals surface area contributed by atoms with Crippen LogP contribution in [0.15, 0.2) is 18.2 Å². The molecular formula is C11H11F3N2O3. The van der Waals surface area contributed by atoms with Crippen LogP contribution in [0.3, 0.4) is 0 Å². The fourth-order valence-corrected chi connectivity index (χ4v) is 1.50. The van der Waals surface area contributed by atoms with Gasteiger partial charge in [0.2, 0.25) is 0 Å². The van der Waals surface area contributed by atoms with Crippen molar-refractivity contribution in [3.05, 3.63) is 18.2 Å². The molecule has 0 spiro atoms. The van der Waals surface area contributed by atoms with E-state index >= 15 is 0 Å². The molecule has 2 N–H and O–H groups in total. The summed E-state index contributed by atoms with van der Waals surface area (Å²) >= 11 is 0. The summed E-state index contributed by atoms with van der Waals surface area (Å²) in [6, 6.07) is 3.50. The van der Waals surface area contributed by atoms with Crippen LogP contribution in [-0.2, 0) is 0 Å². The van der Waals surface area contributed by atoms with E-state index in [2.05, 4.69) is 10.6 Å². The van der Waals surface area contributed by atoms with Crippen LogP contribution in [-0.4, -0.2) is 25.0 Å². The SMILES string of the molecule is CNC(=O)Nc1ccc2c(c1)OC(C)(C(F)(F)F)O2. The Morgan fingerprint density at radius 1 is 1.26 bits per heavy atom. The number of urea groups is 1. The molecule has 0 aliphatic carbocycles. The number of carbonyl (C=O) groups excluding carboxylic acids is 1. The summed E-state index contributed by atoms with van der Waals surface area (Å²) in [7, 11) is 1.42. The average molecular weight is 276 g/mol. The normalized spacial score (nSPS) is 21.1. The second-order valence-corrected chi connectivity index (χ2v) is 4.01. The smallest absolute Gasteiger partial charge is 0.441 e. The molecule has 1 unspecified atom stereocenters. The van der Waals surface area contributed by atoms with E-state index in [1.807, 2.05) is 0 Å². The largest absolute Gasteiger partial charge is 0.467 e. The topological polar surface area (TPSA) is 59.6 Å². The minimum Gasteiger partial charge on any atom is -0.441 e. The monoisotopic (exact) mass is 276 g/mol. The third-order valence-electron chi connectivity index (χ3n) is 2.55. The van der Waals surface area contributed by atoms with Crippen molar-refractivity contribution in [3.63, 3.8) is 0 Å². The predicted molar refractivity (Wildman–Crippen MR) is 60.2 cm³/mol. The van der Waals surface area contributed by atoms with Crippen LogP contribution in [0.2, 0.25) is 0 Å². The molecule has 1 heterocycles. The lowest BCUT2D eigenvalue weighted by atomic mass is 10.3. The minimum atomic E-state index is -4.67. The molecule has 1 aromatic carbocycles. The van der Waals surface area contributed by atoms with Crippen molar-refractivity contribution in [2.24, 2.45) is 0 Å². The molecule has 0 saturated carbocycles. The number of ether oxygens (including phenoxy) is 2. The van der Waals surface area contributed by atoms with Crippen molar-refractivity contribution in [3.8, 4) is 11.5 Å². The fraction of sp³-hybridized carbons (Fsp3) is 0.364. The van der Waals surface area contributed by atoms with E-state index in [9.17, 15) is 18.0 Å². The summed E-state index contributed by atoms with van der Waals surface area (Å²) in [6.07, 6.45) is -4.67. The molecule has 1 atom stereocenters. The number of benzene rings is 1. The van der Waals surface area contributed by atoms with E-state index in [-0.39, 0.29) is 11.5 Å². The highest BCUT2D eigenvalue weighted by atomic mass is 19.4. The highest BCUT2D eigenvalue weighted by Gasteiger charge is 2.60. The van der Waals surface area contributed by atoms with E-state index in [1.165, 1.54) is 25.2 Å². The van der Waals surface area contributed by atoms with E-state index < -0.39 is 18.0 Å². The molecular weight excluding hydrogens is 265 g/mol. The van der Waals surface area contributed by atoms with Gasteiger partial charge in [-0.05, 0) is 12.1 Å². The third-order valence-corrected chi connectivity index (χ3v) is 2.55. The zero-order chi connectivity index (χ0) is 14.3. The number of nitrogens with one attached hydrogen (secondary N) is 2. The number of rotatable bonds is 1. The van der Waals surface area contributed by atoms with Gasteiger partial charge in [0.15, 0.2) is 11.5 Å². The summed E-state index contributed by atoms with van der Waals surface area (Å²) in [5, 5.41) is 4.74. The maximum absolute atomic E-state index is 12.7. The highest BCUT2D eigenvalue weighted by Crippen LogP contribution is 2.47. The van der Waals surface area contributed by atoms with Crippen molar-refractivity contribution in [2.75, 3.05) is 12.4 Å². The molecule has 8 heteroatoms. The standard InChI is InChI=1S/C11H11F3N2O3/c1-10(11(12,13)14)18-7-4-3-6(5-8(7)19-10)16-9(17)15-2/h3-5H,1-2H3,(H2,15,16,17). The van der Waals surface area contributed by atoms with E-state index in [4.69, 9.17) is 9.47 Å². The van der Waals surface area contributed by atoms with Crippen molar-refractivity contribution >= 4 is 11.7 Å². The molecule has 0 aromatic heterocycles. The zero-order valence-electron chi connectivity index (χ0n) is 10.1. The molecule has 1 aliphatic rings. The van der Waals surface area contributed by atoms with Gasteiger partial charge in [-0.25, -0.2) is 4.79 Å². The van der Waals surface area contributed by atoms with Crippen molar-refractivity contribution < 1.29 is 27.4 Å². The number of fused-ring (bicyclic) bond motifs is 1. The van der Waals surface area contributed by atoms with Crippen LogP contribution in [0.4, 0.5) is 23.7 Å². The number of amides is 2. The second-order valence-electron chi connectivity index (χ2n) is 4.01. The van der Waals surface area contributed by atoms with Gasteiger partial charge in [-0.15, -0.1) is 0 Å². The number of alkyl halides is 3. The van der Waals surface area contributed by atoms with Crippen LogP contribution in [0, 0.1) is 0 Å². The van der Waals surface area contributed by atoms with Gasteiger partial charge in [-0.2, -0.15) is 13.2 Å². The number of hydrogen-bond donors (Lipinski definition) is 2. The van der Waals surface area contributed by atoms with Crippen molar-refractivity contribution in [1.82, 2.24) is 5.32 Å². The van der Waals surface area contributed by atoms with Crippen LogP contribution < -0.4 is 20.1 Å². The molecule has 1 aromatic rings. The van der Waals surface area contributed by atoms with Crippen molar-refractivity contribution in [1.29, 1.82) is 0 Å². The Kier molecular flexibility index (Phi) is 2.95. The number of carbonyl (C=O) groups is 1. The highest BCUT2D eigenvalue weighted by molar-refractivity contribution is 5.89. The molecule has 0 bridgehead atoms. The minimum absolute atomic E-state index is 0.0257. The van der Waals surface area contributed by atoms with Gasteiger partial charge in [0.1, 0.15) is 0 Å². The maximum Gasteiger partial charge on any atom is 0.467 e. The van der Waals surface area contributed by atoms with Crippen LogP contribution in [0.5, 0.6) is 11.5 Å². The Hall–Kier alpha value is -2.12. The first-order chi connectivity index (χ1) is 8.75. The van der Waals surface area contributed by atoms with Crippen LogP contribution in [0.25, 0.3) is 0 Å². The predicted octanol–water partition coefficient (Wildman–Crippen LogP) is 2.49. The molecule has 19 heavy (non-hydrogen) atoms. The second kappa shape index (κ2) is 4.22. The molecule has 2 amide bonds. The Morgan fingerprint density at radius 3 is 2.47 bits per heavy atom. The van der Waals surface area contributed by atoms with Crippen LogP contribution in [0.1, 0.15) is 6.92 Å². The van der Waals surface area contributed by atoms with Gasteiger partial charge in [0, 0.05) is 25.7 Å². The van der Waals surface area contributed by atoms with Crippen LogP contribution >= 0.6 is 0 Å². The first kappa shape index (κ1) is 13.3. The lowest BCUT2D eigenvalue weighted by molar-refractivity contribution is -0.300. The average Bonchev–Trinajstić information content (AvgIpc) is 2.65. The Bertz CT molecular complexity index is 518. The lowest BCUT2D eigenvalue weighted by Gasteiger charge is -2.25. The van der Waals surface area contributed by atoms with E-state index in [0.29, 0.717) is 5.69 Å². The summed E-state index contributed by atoms with van der Waals surface area (Å²) < 4.78 is 47.8. The summed E-state index contributed by atoms with van der Waals surface area (Å²) in [5.41, 5.74) is 0.299. The van der Waals surface area contributed by atoms with Gasteiger partial charge < -0.3 is 20.1 Å². The fourth-order valence-electron chi connectivity index (χ4n) is 1.50. The number of anilines is 1. The quantitative estimate of drug-likeness (QED) is 0.828. The molecule has 0 radical (unpaired) electrons. The summed E-state index contributed by atoms with van der Waals surface area (Å²) in [5.74, 6) is -2.81. The molecule has 1 aliphatic heterocycles. The zero-order valence-corrected chi connectivity index (χ0v) is 10.1. The number of halogens is 3. The molecule has 104 valence electrons. The summed E-state index contributed by atoms with van der Waals surface area (Å²) in [4.78, 5) is 11.1. The molecule has 5 nitrogen and oxygen atoms in total. The Labute approximate surface area is 106 Å². The van der Waals surface area contributed by atoms with Crippen molar-refractivity contribution in [2.45, 2.75) is 18.9 Å². The lowest BCUT2D eigenvalue weighted by Crippen LogP contribution is -2.49. The Balaban J connectivity index is 2.23. The number of hydrogen-bond acceptors (Lipinski definition) is 3. The van der Waals surface area contributed by atoms with Gasteiger partial charge >= 0.3 is 18.0 Å². The molecule has 2 rings (SSSR count). The first-order valence-corrected chi connectivity index (χ1v) is 5.33. The molecule has 0 saturated heterocycles. The van der Waals surface area contributed by atoms with Gasteiger partial charge in [-0.3, -0.25) is 0 Å². The van der Waals surface area contributed by atoms with Gasteiger partial charge in [-0.1, -0.05) is 0 Å². The third kappa shape index (κ3) is 2.38. The summed E-state index contributed by atoms with van der Waals surface area (Å²) in [6.45, 7) is 0.791. The first-order valence-electron chi connectivity index (χ1n) is 5.33. The van der Waals surface area contributed by atoms with E-state index in [0.717, 1.165) is 6.92 Å².